The van der Waals surface area contributed by atoms with Crippen LogP contribution in [0.2, 0.25) is 0 Å². The van der Waals surface area contributed by atoms with Gasteiger partial charge in [-0.3, -0.25) is 4.79 Å². The van der Waals surface area contributed by atoms with Gasteiger partial charge in [-0.05, 0) is 32.0 Å². The van der Waals surface area contributed by atoms with Gasteiger partial charge in [-0.1, -0.05) is 18.2 Å². The zero-order valence-corrected chi connectivity index (χ0v) is 12.8. The molecule has 0 aromatic heterocycles. The number of aryl methyl sites for hydroxylation is 2. The zero-order valence-electron chi connectivity index (χ0n) is 12.0. The number of carbonyl (C=O) groups excluding carboxylic acids is 1. The molecule has 0 bridgehead atoms. The van der Waals surface area contributed by atoms with Crippen LogP contribution in [0.1, 0.15) is 11.1 Å². The number of ether oxygens (including phenoxy) is 1. The molecule has 0 atom stereocenters. The lowest BCUT2D eigenvalue weighted by Crippen LogP contribution is -2.36. The predicted octanol–water partition coefficient (Wildman–Crippen LogP) is 1.78. The van der Waals surface area contributed by atoms with Crippen LogP contribution in [0.25, 0.3) is 0 Å². The van der Waals surface area contributed by atoms with Crippen LogP contribution in [0.3, 0.4) is 0 Å². The normalized spacial score (nSPS) is 9.68. The lowest BCUT2D eigenvalue weighted by molar-refractivity contribution is -0.132. The first-order valence-electron chi connectivity index (χ1n) is 6.14. The highest BCUT2D eigenvalue weighted by Crippen LogP contribution is 2.22. The van der Waals surface area contributed by atoms with Gasteiger partial charge in [-0.15, -0.1) is 12.4 Å². The van der Waals surface area contributed by atoms with Crippen molar-refractivity contribution < 1.29 is 9.53 Å². The van der Waals surface area contributed by atoms with Gasteiger partial charge < -0.3 is 15.0 Å². The molecule has 5 heteroatoms. The minimum atomic E-state index is -0.00657. The summed E-state index contributed by atoms with van der Waals surface area (Å²) in [5, 5.41) is 3.01. The lowest BCUT2D eigenvalue weighted by atomic mass is 10.1. The Balaban J connectivity index is 0.00000324. The summed E-state index contributed by atoms with van der Waals surface area (Å²) in [6.45, 7) is 5.53. The van der Waals surface area contributed by atoms with Crippen molar-refractivity contribution in [1.82, 2.24) is 10.2 Å². The minimum Gasteiger partial charge on any atom is -0.483 e. The summed E-state index contributed by atoms with van der Waals surface area (Å²) in [7, 11) is 3.65. The number of nitrogens with one attached hydrogen (secondary N) is 1. The largest absolute Gasteiger partial charge is 0.483 e. The number of benzene rings is 1. The zero-order chi connectivity index (χ0) is 13.5. The molecule has 0 radical (unpaired) electrons. The lowest BCUT2D eigenvalue weighted by Gasteiger charge is -2.18. The van der Waals surface area contributed by atoms with Crippen molar-refractivity contribution in [3.63, 3.8) is 0 Å². The van der Waals surface area contributed by atoms with Gasteiger partial charge >= 0.3 is 0 Å². The van der Waals surface area contributed by atoms with Crippen molar-refractivity contribution in [2.75, 3.05) is 33.8 Å². The molecule has 0 heterocycles. The molecule has 0 aliphatic heterocycles. The Morgan fingerprint density at radius 3 is 2.42 bits per heavy atom. The first kappa shape index (κ1) is 17.7. The second kappa shape index (κ2) is 8.77. The predicted molar refractivity (Wildman–Crippen MR) is 80.2 cm³/mol. The van der Waals surface area contributed by atoms with Gasteiger partial charge in [0.25, 0.3) is 5.91 Å². The Bertz CT molecular complexity index is 390. The Kier molecular flexibility index (Phi) is 8.19. The smallest absolute Gasteiger partial charge is 0.260 e. The second-order valence-electron chi connectivity index (χ2n) is 4.43. The first-order chi connectivity index (χ1) is 8.56. The van der Waals surface area contributed by atoms with E-state index in [1.807, 2.05) is 39.1 Å². The summed E-state index contributed by atoms with van der Waals surface area (Å²) in [4.78, 5) is 13.5. The third-order valence-corrected chi connectivity index (χ3v) is 2.87. The molecule has 0 spiro atoms. The highest BCUT2D eigenvalue weighted by atomic mass is 35.5. The summed E-state index contributed by atoms with van der Waals surface area (Å²) in [5.41, 5.74) is 2.11. The summed E-state index contributed by atoms with van der Waals surface area (Å²) >= 11 is 0. The van der Waals surface area contributed by atoms with Gasteiger partial charge in [0, 0.05) is 20.1 Å². The van der Waals surface area contributed by atoms with Crippen LogP contribution in [-0.2, 0) is 4.79 Å². The van der Waals surface area contributed by atoms with Crippen molar-refractivity contribution in [1.29, 1.82) is 0 Å². The summed E-state index contributed by atoms with van der Waals surface area (Å²) < 4.78 is 5.62. The van der Waals surface area contributed by atoms with Gasteiger partial charge in [-0.25, -0.2) is 0 Å². The third kappa shape index (κ3) is 5.49. The summed E-state index contributed by atoms with van der Waals surface area (Å²) in [6.07, 6.45) is 0. The molecule has 0 aliphatic carbocycles. The second-order valence-corrected chi connectivity index (χ2v) is 4.43. The standard InChI is InChI=1S/C14H22N2O2.ClH/c1-11-6-5-7-12(2)14(11)18-10-13(17)16(4)9-8-15-3;/h5-7,15H,8-10H2,1-4H3;1H. The maximum absolute atomic E-state index is 11.8. The number of rotatable bonds is 6. The van der Waals surface area contributed by atoms with Crippen LogP contribution in [0.5, 0.6) is 5.75 Å². The Morgan fingerprint density at radius 2 is 1.89 bits per heavy atom. The van der Waals surface area contributed by atoms with Crippen LogP contribution in [-0.4, -0.2) is 44.6 Å². The van der Waals surface area contributed by atoms with Gasteiger partial charge in [-0.2, -0.15) is 0 Å². The van der Waals surface area contributed by atoms with Crippen LogP contribution in [0.15, 0.2) is 18.2 Å². The molecule has 1 aromatic rings. The molecule has 1 amide bonds. The van der Waals surface area contributed by atoms with Gasteiger partial charge in [0.05, 0.1) is 0 Å². The van der Waals surface area contributed by atoms with E-state index >= 15 is 0 Å². The number of halogens is 1. The number of nitrogens with zero attached hydrogens (tertiary/aromatic N) is 1. The molecule has 19 heavy (non-hydrogen) atoms. The van der Waals surface area contributed by atoms with Crippen LogP contribution >= 0.6 is 12.4 Å². The molecular formula is C14H23ClN2O2. The number of hydrogen-bond donors (Lipinski definition) is 1. The average Bonchev–Trinajstić information content (AvgIpc) is 2.35. The van der Waals surface area contributed by atoms with Crippen molar-refractivity contribution in [2.45, 2.75) is 13.8 Å². The Labute approximate surface area is 121 Å². The molecule has 108 valence electrons. The van der Waals surface area contributed by atoms with Gasteiger partial charge in [0.15, 0.2) is 6.61 Å². The van der Waals surface area contributed by atoms with E-state index in [2.05, 4.69) is 5.32 Å². The maximum atomic E-state index is 11.8. The van der Waals surface area contributed by atoms with E-state index in [4.69, 9.17) is 4.74 Å². The van der Waals surface area contributed by atoms with E-state index in [9.17, 15) is 4.79 Å². The number of amides is 1. The quantitative estimate of drug-likeness (QED) is 0.867. The van der Waals surface area contributed by atoms with Crippen molar-refractivity contribution in [3.8, 4) is 5.75 Å². The maximum Gasteiger partial charge on any atom is 0.260 e. The average molecular weight is 287 g/mol. The molecule has 1 N–H and O–H groups in total. The molecule has 1 rings (SSSR count). The van der Waals surface area contributed by atoms with Crippen molar-refractivity contribution in [3.05, 3.63) is 29.3 Å². The van der Waals surface area contributed by atoms with E-state index in [0.29, 0.717) is 6.54 Å². The van der Waals surface area contributed by atoms with Crippen molar-refractivity contribution >= 4 is 18.3 Å². The molecule has 0 unspecified atom stereocenters. The van der Waals surface area contributed by atoms with Crippen LogP contribution < -0.4 is 10.1 Å². The fraction of sp³-hybridized carbons (Fsp3) is 0.500. The minimum absolute atomic E-state index is 0. The SMILES string of the molecule is CNCCN(C)C(=O)COc1c(C)cccc1C.Cl. The molecule has 0 saturated carbocycles. The molecule has 0 saturated heterocycles. The van der Waals surface area contributed by atoms with E-state index < -0.39 is 0 Å². The number of likely N-dealkylation sites (N-methyl/N-ethyl adjacent to an activating group) is 2. The number of hydrogen-bond acceptors (Lipinski definition) is 3. The topological polar surface area (TPSA) is 41.6 Å². The molecule has 0 aliphatic rings. The van der Waals surface area contributed by atoms with E-state index in [1.54, 1.807) is 11.9 Å². The monoisotopic (exact) mass is 286 g/mol. The first-order valence-corrected chi connectivity index (χ1v) is 6.14. The van der Waals surface area contributed by atoms with Crippen LogP contribution in [0.4, 0.5) is 0 Å². The van der Waals surface area contributed by atoms with Gasteiger partial charge in [0.1, 0.15) is 5.75 Å². The highest BCUT2D eigenvalue weighted by molar-refractivity contribution is 5.85. The van der Waals surface area contributed by atoms with Gasteiger partial charge in [0.2, 0.25) is 0 Å². The molecular weight excluding hydrogens is 264 g/mol. The fourth-order valence-electron chi connectivity index (χ4n) is 1.68. The summed E-state index contributed by atoms with van der Waals surface area (Å²) in [6, 6.07) is 5.95. The Morgan fingerprint density at radius 1 is 1.32 bits per heavy atom. The third-order valence-electron chi connectivity index (χ3n) is 2.87. The number of para-hydroxylation sites is 1. The van der Waals surface area contributed by atoms with E-state index in [0.717, 1.165) is 23.4 Å². The molecule has 1 aromatic carbocycles. The Hall–Kier alpha value is -1.26. The number of carbonyl (C=O) groups is 1. The molecule has 4 nitrogen and oxygen atoms in total. The molecule has 0 fully saturated rings. The van der Waals surface area contributed by atoms with E-state index in [1.165, 1.54) is 0 Å². The highest BCUT2D eigenvalue weighted by Gasteiger charge is 2.10. The van der Waals surface area contributed by atoms with Crippen molar-refractivity contribution in [2.24, 2.45) is 0 Å². The van der Waals surface area contributed by atoms with Crippen LogP contribution in [0, 0.1) is 13.8 Å². The summed E-state index contributed by atoms with van der Waals surface area (Å²) in [5.74, 6) is 0.806. The fourth-order valence-corrected chi connectivity index (χ4v) is 1.68. The van der Waals surface area contributed by atoms with E-state index in [-0.39, 0.29) is 24.9 Å².